The molecule has 2 nitrogen and oxygen atoms in total. The number of alkyl halides is 2. The highest BCUT2D eigenvalue weighted by atomic mass is 19.3. The fraction of sp³-hybridized carbons (Fsp3) is 0.455. The van der Waals surface area contributed by atoms with Crippen molar-refractivity contribution < 1.29 is 13.5 Å². The molecule has 0 fully saturated rings. The van der Waals surface area contributed by atoms with E-state index < -0.39 is 13.0 Å². The Morgan fingerprint density at radius 2 is 1.87 bits per heavy atom. The second kappa shape index (κ2) is 5.66. The smallest absolute Gasteiger partial charge is 0.272 e. The molecule has 0 aliphatic heterocycles. The summed E-state index contributed by atoms with van der Waals surface area (Å²) in [5.41, 5.74) is 6.79. The zero-order valence-corrected chi connectivity index (χ0v) is 8.62. The second-order valence-electron chi connectivity index (χ2n) is 3.29. The molecule has 1 aromatic rings. The Balaban J connectivity index is 2.56. The van der Waals surface area contributed by atoms with E-state index in [0.29, 0.717) is 5.75 Å². The number of benzene rings is 1. The van der Waals surface area contributed by atoms with Crippen molar-refractivity contribution in [3.63, 3.8) is 0 Å². The molecule has 0 aliphatic carbocycles. The first-order chi connectivity index (χ1) is 7.13. The van der Waals surface area contributed by atoms with E-state index in [2.05, 4.69) is 0 Å². The third kappa shape index (κ3) is 3.83. The number of ether oxygens (including phenoxy) is 1. The minimum Gasteiger partial charge on any atom is -0.488 e. The van der Waals surface area contributed by atoms with Gasteiger partial charge in [-0.1, -0.05) is 19.1 Å². The molecule has 15 heavy (non-hydrogen) atoms. The largest absolute Gasteiger partial charge is 0.488 e. The molecule has 1 aromatic carbocycles. The van der Waals surface area contributed by atoms with Crippen molar-refractivity contribution in [2.24, 2.45) is 5.73 Å². The van der Waals surface area contributed by atoms with E-state index >= 15 is 0 Å². The molecule has 0 aliphatic rings. The molecular formula is C11H15F2NO. The van der Waals surface area contributed by atoms with Crippen LogP contribution in [-0.4, -0.2) is 13.0 Å². The Labute approximate surface area is 88.0 Å². The number of rotatable bonds is 5. The second-order valence-corrected chi connectivity index (χ2v) is 3.29. The van der Waals surface area contributed by atoms with E-state index in [-0.39, 0.29) is 6.04 Å². The molecule has 1 atom stereocenters. The van der Waals surface area contributed by atoms with Crippen molar-refractivity contribution >= 4 is 0 Å². The summed E-state index contributed by atoms with van der Waals surface area (Å²) in [6, 6.07) is 6.92. The lowest BCUT2D eigenvalue weighted by atomic mass is 10.1. The molecule has 0 amide bonds. The Bertz CT molecular complexity index is 287. The molecule has 0 unspecified atom stereocenters. The van der Waals surface area contributed by atoms with Crippen molar-refractivity contribution in [2.75, 3.05) is 6.61 Å². The molecule has 1 rings (SSSR count). The van der Waals surface area contributed by atoms with Crippen LogP contribution in [0.5, 0.6) is 5.75 Å². The van der Waals surface area contributed by atoms with E-state index in [4.69, 9.17) is 10.5 Å². The summed E-state index contributed by atoms with van der Waals surface area (Å²) in [6.07, 6.45) is -1.60. The summed E-state index contributed by atoms with van der Waals surface area (Å²) in [5, 5.41) is 0. The van der Waals surface area contributed by atoms with E-state index in [0.717, 1.165) is 12.0 Å². The Kier molecular flexibility index (Phi) is 4.49. The highest BCUT2D eigenvalue weighted by Gasteiger charge is 2.05. The minimum atomic E-state index is -2.44. The third-order valence-corrected chi connectivity index (χ3v) is 2.12. The quantitative estimate of drug-likeness (QED) is 0.819. The van der Waals surface area contributed by atoms with Crippen molar-refractivity contribution in [1.82, 2.24) is 0 Å². The Morgan fingerprint density at radius 1 is 1.27 bits per heavy atom. The predicted molar refractivity (Wildman–Crippen MR) is 55.2 cm³/mol. The summed E-state index contributed by atoms with van der Waals surface area (Å²) in [7, 11) is 0. The number of nitrogens with two attached hydrogens (primary N) is 1. The first-order valence-corrected chi connectivity index (χ1v) is 4.90. The molecule has 0 spiro atoms. The van der Waals surface area contributed by atoms with Crippen LogP contribution in [0, 0.1) is 0 Å². The van der Waals surface area contributed by atoms with Gasteiger partial charge in [0.1, 0.15) is 12.4 Å². The van der Waals surface area contributed by atoms with Crippen LogP contribution in [0.2, 0.25) is 0 Å². The van der Waals surface area contributed by atoms with Crippen molar-refractivity contribution in [3.8, 4) is 5.75 Å². The standard InChI is InChI=1S/C11H15F2NO/c1-2-10(14)8-3-5-9(6-4-8)15-7-11(12)13/h3-6,10-11H,2,7,14H2,1H3/t10-/m0/s1. The van der Waals surface area contributed by atoms with E-state index in [1.807, 2.05) is 6.92 Å². The van der Waals surface area contributed by atoms with Crippen LogP contribution in [0.15, 0.2) is 24.3 Å². The maximum atomic E-state index is 11.8. The maximum absolute atomic E-state index is 11.8. The lowest BCUT2D eigenvalue weighted by Crippen LogP contribution is -2.09. The van der Waals surface area contributed by atoms with Crippen LogP contribution in [-0.2, 0) is 0 Å². The van der Waals surface area contributed by atoms with Crippen LogP contribution in [0.3, 0.4) is 0 Å². The molecule has 0 saturated heterocycles. The van der Waals surface area contributed by atoms with Crippen LogP contribution in [0.4, 0.5) is 8.78 Å². The lowest BCUT2D eigenvalue weighted by molar-refractivity contribution is 0.0819. The maximum Gasteiger partial charge on any atom is 0.272 e. The van der Waals surface area contributed by atoms with Crippen LogP contribution >= 0.6 is 0 Å². The summed E-state index contributed by atoms with van der Waals surface area (Å²) < 4.78 is 28.5. The molecule has 0 radical (unpaired) electrons. The van der Waals surface area contributed by atoms with Gasteiger partial charge < -0.3 is 10.5 Å². The van der Waals surface area contributed by atoms with E-state index in [1.54, 1.807) is 24.3 Å². The zero-order valence-electron chi connectivity index (χ0n) is 8.62. The highest BCUT2D eigenvalue weighted by Crippen LogP contribution is 2.18. The van der Waals surface area contributed by atoms with Gasteiger partial charge in [-0.25, -0.2) is 8.78 Å². The Hall–Kier alpha value is -1.16. The molecule has 0 bridgehead atoms. The van der Waals surface area contributed by atoms with Gasteiger partial charge in [-0.2, -0.15) is 0 Å². The predicted octanol–water partition coefficient (Wildman–Crippen LogP) is 2.74. The minimum absolute atomic E-state index is 0.00542. The van der Waals surface area contributed by atoms with Crippen LogP contribution in [0.25, 0.3) is 0 Å². The Morgan fingerprint density at radius 3 is 2.33 bits per heavy atom. The van der Waals surface area contributed by atoms with E-state index in [1.165, 1.54) is 0 Å². The van der Waals surface area contributed by atoms with Crippen molar-refractivity contribution in [1.29, 1.82) is 0 Å². The highest BCUT2D eigenvalue weighted by molar-refractivity contribution is 5.28. The molecule has 4 heteroatoms. The molecule has 0 heterocycles. The average Bonchev–Trinajstić information content (AvgIpc) is 2.26. The monoisotopic (exact) mass is 215 g/mol. The molecule has 0 saturated carbocycles. The van der Waals surface area contributed by atoms with Crippen molar-refractivity contribution in [3.05, 3.63) is 29.8 Å². The first kappa shape index (κ1) is 11.9. The fourth-order valence-electron chi connectivity index (χ4n) is 1.21. The first-order valence-electron chi connectivity index (χ1n) is 4.90. The van der Waals surface area contributed by atoms with Gasteiger partial charge in [-0.15, -0.1) is 0 Å². The number of halogens is 2. The zero-order chi connectivity index (χ0) is 11.3. The van der Waals surface area contributed by atoms with Crippen LogP contribution < -0.4 is 10.5 Å². The fourth-order valence-corrected chi connectivity index (χ4v) is 1.21. The number of hydrogen-bond donors (Lipinski definition) is 1. The van der Waals surface area contributed by atoms with Gasteiger partial charge in [0.05, 0.1) is 0 Å². The SMILES string of the molecule is CC[C@H](N)c1ccc(OCC(F)F)cc1. The van der Waals surface area contributed by atoms with Gasteiger partial charge in [0.2, 0.25) is 0 Å². The van der Waals surface area contributed by atoms with Gasteiger partial charge in [-0.05, 0) is 24.1 Å². The number of hydrogen-bond acceptors (Lipinski definition) is 2. The normalized spacial score (nSPS) is 12.9. The summed E-state index contributed by atoms with van der Waals surface area (Å²) >= 11 is 0. The van der Waals surface area contributed by atoms with Gasteiger partial charge >= 0.3 is 0 Å². The molecular weight excluding hydrogens is 200 g/mol. The lowest BCUT2D eigenvalue weighted by Gasteiger charge is -2.10. The topological polar surface area (TPSA) is 35.2 Å². The van der Waals surface area contributed by atoms with Crippen molar-refractivity contribution in [2.45, 2.75) is 25.8 Å². The van der Waals surface area contributed by atoms with Gasteiger partial charge in [0.15, 0.2) is 0 Å². The van der Waals surface area contributed by atoms with Gasteiger partial charge in [0.25, 0.3) is 6.43 Å². The summed E-state index contributed by atoms with van der Waals surface area (Å²) in [6.45, 7) is 1.42. The summed E-state index contributed by atoms with van der Waals surface area (Å²) in [5.74, 6) is 0.447. The molecule has 0 aromatic heterocycles. The molecule has 2 N–H and O–H groups in total. The van der Waals surface area contributed by atoms with Gasteiger partial charge in [-0.3, -0.25) is 0 Å². The van der Waals surface area contributed by atoms with E-state index in [9.17, 15) is 8.78 Å². The summed E-state index contributed by atoms with van der Waals surface area (Å²) in [4.78, 5) is 0. The van der Waals surface area contributed by atoms with Crippen LogP contribution in [0.1, 0.15) is 24.9 Å². The average molecular weight is 215 g/mol. The molecule has 84 valence electrons. The third-order valence-electron chi connectivity index (χ3n) is 2.12. The van der Waals surface area contributed by atoms with Gasteiger partial charge in [0, 0.05) is 6.04 Å².